The van der Waals surface area contributed by atoms with Crippen LogP contribution in [0.5, 0.6) is 0 Å². The highest BCUT2D eigenvalue weighted by molar-refractivity contribution is 5.85. The van der Waals surface area contributed by atoms with E-state index in [9.17, 15) is 0 Å². The van der Waals surface area contributed by atoms with Crippen LogP contribution in [0.15, 0.2) is 0 Å². The molecule has 0 radical (unpaired) electrons. The van der Waals surface area contributed by atoms with Crippen LogP contribution in [-0.2, 0) is 0 Å². The summed E-state index contributed by atoms with van der Waals surface area (Å²) in [5, 5.41) is 0. The highest BCUT2D eigenvalue weighted by atomic mass is 35.5. The number of hydrogen-bond donors (Lipinski definition) is 2. The maximum atomic E-state index is 5.96. The Labute approximate surface area is 171 Å². The van der Waals surface area contributed by atoms with Crippen LogP contribution in [0.4, 0.5) is 0 Å². The average Bonchev–Trinajstić information content (AvgIpc) is 2.54. The standard InChI is InChI=1S/C21H46N2.2ClH/c1-2-3-4-5-6-7-8-9-10-11-12-13-14-15-16-17-18-21(23)19-20-22;;/h21H,2-20,22-23H2,1H3;2*1H. The molecule has 0 saturated heterocycles. The van der Waals surface area contributed by atoms with E-state index in [2.05, 4.69) is 6.92 Å². The summed E-state index contributed by atoms with van der Waals surface area (Å²) < 4.78 is 0. The summed E-state index contributed by atoms with van der Waals surface area (Å²) >= 11 is 0. The monoisotopic (exact) mass is 398 g/mol. The van der Waals surface area contributed by atoms with Gasteiger partial charge in [-0.25, -0.2) is 0 Å². The summed E-state index contributed by atoms with van der Waals surface area (Å²) in [6, 6.07) is 0.339. The molecule has 0 aliphatic heterocycles. The van der Waals surface area contributed by atoms with Gasteiger partial charge in [-0.3, -0.25) is 0 Å². The van der Waals surface area contributed by atoms with Crippen LogP contribution < -0.4 is 11.5 Å². The fraction of sp³-hybridized carbons (Fsp3) is 1.00. The fourth-order valence-corrected chi connectivity index (χ4v) is 3.31. The van der Waals surface area contributed by atoms with E-state index >= 15 is 0 Å². The van der Waals surface area contributed by atoms with Crippen molar-refractivity contribution in [3.8, 4) is 0 Å². The van der Waals surface area contributed by atoms with Crippen LogP contribution in [0.2, 0.25) is 0 Å². The van der Waals surface area contributed by atoms with Gasteiger partial charge in [0, 0.05) is 6.04 Å². The Morgan fingerprint density at radius 1 is 0.520 bits per heavy atom. The first-order valence-corrected chi connectivity index (χ1v) is 10.8. The molecule has 0 spiro atoms. The van der Waals surface area contributed by atoms with Crippen molar-refractivity contribution in [2.75, 3.05) is 6.54 Å². The van der Waals surface area contributed by atoms with Crippen molar-refractivity contribution in [2.45, 2.75) is 129 Å². The summed E-state index contributed by atoms with van der Waals surface area (Å²) in [4.78, 5) is 0. The van der Waals surface area contributed by atoms with Crippen molar-refractivity contribution in [1.29, 1.82) is 0 Å². The van der Waals surface area contributed by atoms with Crippen LogP contribution in [0, 0.1) is 0 Å². The molecule has 0 aliphatic carbocycles. The third-order valence-electron chi connectivity index (χ3n) is 4.97. The molecule has 0 rings (SSSR count). The molecule has 0 aliphatic rings. The SMILES string of the molecule is CCCCCCCCCCCCCCCCCCC(N)CCN.Cl.Cl. The quantitative estimate of drug-likeness (QED) is 0.226. The molecule has 1 unspecified atom stereocenters. The second-order valence-corrected chi connectivity index (χ2v) is 7.43. The predicted molar refractivity (Wildman–Crippen MR) is 120 cm³/mol. The molecule has 0 saturated carbocycles. The lowest BCUT2D eigenvalue weighted by atomic mass is 10.0. The zero-order chi connectivity index (χ0) is 17.0. The van der Waals surface area contributed by atoms with Gasteiger partial charge in [-0.15, -0.1) is 24.8 Å². The van der Waals surface area contributed by atoms with Gasteiger partial charge in [0.05, 0.1) is 0 Å². The molecule has 2 nitrogen and oxygen atoms in total. The average molecular weight is 400 g/mol. The first-order valence-electron chi connectivity index (χ1n) is 10.8. The molecule has 0 aromatic heterocycles. The molecular formula is C21H48Cl2N2. The normalized spacial score (nSPS) is 11.6. The van der Waals surface area contributed by atoms with Crippen molar-refractivity contribution < 1.29 is 0 Å². The smallest absolute Gasteiger partial charge is 0.00508 e. The minimum Gasteiger partial charge on any atom is -0.330 e. The van der Waals surface area contributed by atoms with E-state index in [0.717, 1.165) is 19.4 Å². The molecule has 0 aromatic rings. The van der Waals surface area contributed by atoms with Gasteiger partial charge in [-0.2, -0.15) is 0 Å². The van der Waals surface area contributed by atoms with Crippen molar-refractivity contribution in [1.82, 2.24) is 0 Å². The lowest BCUT2D eigenvalue weighted by Gasteiger charge is -2.09. The first kappa shape index (κ1) is 30.2. The Hall–Kier alpha value is 0.500. The third-order valence-corrected chi connectivity index (χ3v) is 4.97. The number of unbranched alkanes of at least 4 members (excludes halogenated alkanes) is 15. The van der Waals surface area contributed by atoms with Gasteiger partial charge >= 0.3 is 0 Å². The van der Waals surface area contributed by atoms with Gasteiger partial charge in [0.1, 0.15) is 0 Å². The second-order valence-electron chi connectivity index (χ2n) is 7.43. The number of nitrogens with two attached hydrogens (primary N) is 2. The summed E-state index contributed by atoms with van der Waals surface area (Å²) in [6.45, 7) is 3.03. The third kappa shape index (κ3) is 26.8. The zero-order valence-electron chi connectivity index (χ0n) is 17.0. The van der Waals surface area contributed by atoms with Crippen molar-refractivity contribution >= 4 is 24.8 Å². The predicted octanol–water partition coefficient (Wildman–Crippen LogP) is 7.16. The van der Waals surface area contributed by atoms with Gasteiger partial charge in [0.25, 0.3) is 0 Å². The molecule has 156 valence electrons. The highest BCUT2D eigenvalue weighted by Gasteiger charge is 2.00. The van der Waals surface area contributed by atoms with Gasteiger partial charge < -0.3 is 11.5 Å². The molecule has 0 aromatic carbocycles. The Kier molecular flexibility index (Phi) is 32.3. The summed E-state index contributed by atoms with van der Waals surface area (Å²) in [5.74, 6) is 0. The van der Waals surface area contributed by atoms with E-state index in [1.54, 1.807) is 0 Å². The van der Waals surface area contributed by atoms with E-state index in [1.807, 2.05) is 0 Å². The van der Waals surface area contributed by atoms with E-state index in [-0.39, 0.29) is 24.8 Å². The van der Waals surface area contributed by atoms with Crippen molar-refractivity contribution in [3.05, 3.63) is 0 Å². The lowest BCUT2D eigenvalue weighted by molar-refractivity contribution is 0.504. The number of hydrogen-bond acceptors (Lipinski definition) is 2. The molecule has 0 amide bonds. The molecule has 0 heterocycles. The lowest BCUT2D eigenvalue weighted by Crippen LogP contribution is -2.23. The maximum absolute atomic E-state index is 5.96. The number of rotatable bonds is 19. The van der Waals surface area contributed by atoms with E-state index in [0.29, 0.717) is 6.04 Å². The fourth-order valence-electron chi connectivity index (χ4n) is 3.31. The van der Waals surface area contributed by atoms with E-state index in [1.165, 1.54) is 103 Å². The molecule has 1 atom stereocenters. The highest BCUT2D eigenvalue weighted by Crippen LogP contribution is 2.14. The summed E-state index contributed by atoms with van der Waals surface area (Å²) in [6.07, 6.45) is 25.0. The van der Waals surface area contributed by atoms with Gasteiger partial charge in [0.15, 0.2) is 0 Å². The van der Waals surface area contributed by atoms with Gasteiger partial charge in [-0.1, -0.05) is 110 Å². The topological polar surface area (TPSA) is 52.0 Å². The Bertz CT molecular complexity index is 216. The minimum atomic E-state index is 0. The van der Waals surface area contributed by atoms with Gasteiger partial charge in [0.2, 0.25) is 0 Å². The zero-order valence-corrected chi connectivity index (χ0v) is 18.6. The van der Waals surface area contributed by atoms with Crippen molar-refractivity contribution in [2.24, 2.45) is 11.5 Å². The molecule has 0 bridgehead atoms. The maximum Gasteiger partial charge on any atom is 0.00508 e. The first-order chi connectivity index (χ1) is 11.3. The summed E-state index contributed by atoms with van der Waals surface area (Å²) in [5.41, 5.74) is 11.5. The largest absolute Gasteiger partial charge is 0.330 e. The summed E-state index contributed by atoms with van der Waals surface area (Å²) in [7, 11) is 0. The molecule has 0 fully saturated rings. The van der Waals surface area contributed by atoms with Crippen LogP contribution in [0.25, 0.3) is 0 Å². The van der Waals surface area contributed by atoms with E-state index < -0.39 is 0 Å². The van der Waals surface area contributed by atoms with Crippen LogP contribution in [-0.4, -0.2) is 12.6 Å². The second kappa shape index (κ2) is 26.7. The molecule has 4 N–H and O–H groups in total. The Morgan fingerprint density at radius 3 is 1.16 bits per heavy atom. The van der Waals surface area contributed by atoms with Crippen LogP contribution in [0.1, 0.15) is 122 Å². The van der Waals surface area contributed by atoms with E-state index in [4.69, 9.17) is 11.5 Å². The van der Waals surface area contributed by atoms with Crippen molar-refractivity contribution in [3.63, 3.8) is 0 Å². The Balaban J connectivity index is -0.00000242. The minimum absolute atomic E-state index is 0. The molecular weight excluding hydrogens is 351 g/mol. The Morgan fingerprint density at radius 2 is 0.840 bits per heavy atom. The van der Waals surface area contributed by atoms with Gasteiger partial charge in [-0.05, 0) is 19.4 Å². The molecule has 25 heavy (non-hydrogen) atoms. The molecule has 4 heteroatoms. The number of halogens is 2. The van der Waals surface area contributed by atoms with Crippen LogP contribution in [0.3, 0.4) is 0 Å². The van der Waals surface area contributed by atoms with Crippen LogP contribution >= 0.6 is 24.8 Å².